The lowest BCUT2D eigenvalue weighted by Gasteiger charge is -2.19. The Hall–Kier alpha value is -2.20. The minimum absolute atomic E-state index is 0.0240. The van der Waals surface area contributed by atoms with Crippen molar-refractivity contribution >= 4 is 27.4 Å². The van der Waals surface area contributed by atoms with Crippen LogP contribution in [0.15, 0.2) is 23.1 Å². The summed E-state index contributed by atoms with van der Waals surface area (Å²) in [5, 5.41) is 13.7. The Morgan fingerprint density at radius 2 is 1.96 bits per heavy atom. The maximum atomic E-state index is 11.7. The molecule has 0 aliphatic rings. The largest absolute Gasteiger partial charge is 0.459 e. The first kappa shape index (κ1) is 18.8. The van der Waals surface area contributed by atoms with Crippen molar-refractivity contribution in [2.45, 2.75) is 31.3 Å². The summed E-state index contributed by atoms with van der Waals surface area (Å²) in [7, 11) is -2.60. The zero-order chi connectivity index (χ0) is 17.8. The number of carbonyl (C=O) groups is 1. The number of rotatable bonds is 6. The van der Waals surface area contributed by atoms with Crippen LogP contribution in [0.1, 0.15) is 20.8 Å². The average molecular weight is 345 g/mol. The minimum Gasteiger partial charge on any atom is -0.459 e. The highest BCUT2D eigenvalue weighted by atomic mass is 32.2. The second-order valence-electron chi connectivity index (χ2n) is 5.58. The number of benzene rings is 1. The molecule has 2 N–H and O–H groups in total. The SMILES string of the molecule is CNS(=O)(=O)c1ccc(NCC(=O)OC(C)(C)C)c([N+](=O)[O-])c1. The van der Waals surface area contributed by atoms with Gasteiger partial charge in [0.25, 0.3) is 5.69 Å². The number of anilines is 1. The maximum Gasteiger partial charge on any atom is 0.325 e. The van der Waals surface area contributed by atoms with Crippen LogP contribution in [-0.4, -0.2) is 38.5 Å². The summed E-state index contributed by atoms with van der Waals surface area (Å²) in [6, 6.07) is 3.35. The number of nitro groups is 1. The van der Waals surface area contributed by atoms with Gasteiger partial charge in [0.05, 0.1) is 9.82 Å². The van der Waals surface area contributed by atoms with Crippen LogP contribution in [0.4, 0.5) is 11.4 Å². The molecule has 0 amide bonds. The summed E-state index contributed by atoms with van der Waals surface area (Å²) in [5.74, 6) is -0.585. The zero-order valence-corrected chi connectivity index (χ0v) is 14.1. The van der Waals surface area contributed by atoms with Gasteiger partial charge in [0.1, 0.15) is 17.8 Å². The first-order valence-corrected chi connectivity index (χ1v) is 8.12. The molecule has 0 bridgehead atoms. The molecule has 0 aromatic heterocycles. The van der Waals surface area contributed by atoms with Crippen LogP contribution in [0.5, 0.6) is 0 Å². The Kier molecular flexibility index (Phi) is 5.67. The van der Waals surface area contributed by atoms with Crippen molar-refractivity contribution in [3.8, 4) is 0 Å². The molecule has 0 aliphatic carbocycles. The van der Waals surface area contributed by atoms with Crippen molar-refractivity contribution in [3.63, 3.8) is 0 Å². The molecule has 1 aromatic carbocycles. The molecule has 9 nitrogen and oxygen atoms in total. The Labute approximate surface area is 134 Å². The number of hydrogen-bond acceptors (Lipinski definition) is 7. The highest BCUT2D eigenvalue weighted by Crippen LogP contribution is 2.27. The predicted octanol–water partition coefficient (Wildman–Crippen LogP) is 1.26. The van der Waals surface area contributed by atoms with Crippen LogP contribution in [0.2, 0.25) is 0 Å². The van der Waals surface area contributed by atoms with Gasteiger partial charge in [-0.15, -0.1) is 0 Å². The van der Waals surface area contributed by atoms with Crippen LogP contribution in [-0.2, 0) is 19.6 Å². The second-order valence-corrected chi connectivity index (χ2v) is 7.47. The summed E-state index contributed by atoms with van der Waals surface area (Å²) in [5.41, 5.74) is -1.10. The van der Waals surface area contributed by atoms with Crippen LogP contribution < -0.4 is 10.0 Å². The van der Waals surface area contributed by atoms with Gasteiger partial charge in [0.15, 0.2) is 0 Å². The minimum atomic E-state index is -3.80. The molecular formula is C13H19N3O6S. The third-order valence-electron chi connectivity index (χ3n) is 2.59. The number of nitrogens with zero attached hydrogens (tertiary/aromatic N) is 1. The van der Waals surface area contributed by atoms with Crippen LogP contribution in [0.25, 0.3) is 0 Å². The molecule has 0 spiro atoms. The Morgan fingerprint density at radius 3 is 2.43 bits per heavy atom. The molecule has 10 heteroatoms. The maximum absolute atomic E-state index is 11.7. The van der Waals surface area contributed by atoms with Gasteiger partial charge >= 0.3 is 5.97 Å². The number of sulfonamides is 1. The van der Waals surface area contributed by atoms with Gasteiger partial charge in [-0.05, 0) is 40.0 Å². The van der Waals surface area contributed by atoms with Gasteiger partial charge in [-0.25, -0.2) is 13.1 Å². The number of esters is 1. The molecule has 1 aromatic rings. The highest BCUT2D eigenvalue weighted by Gasteiger charge is 2.22. The monoisotopic (exact) mass is 345 g/mol. The number of nitrogens with one attached hydrogen (secondary N) is 2. The predicted molar refractivity (Wildman–Crippen MR) is 83.7 cm³/mol. The molecule has 0 heterocycles. The van der Waals surface area contributed by atoms with Crippen molar-refractivity contribution < 1.29 is 22.9 Å². The Bertz CT molecular complexity index is 709. The zero-order valence-electron chi connectivity index (χ0n) is 13.2. The van der Waals surface area contributed by atoms with Gasteiger partial charge in [0.2, 0.25) is 10.0 Å². The van der Waals surface area contributed by atoms with E-state index in [-0.39, 0.29) is 17.1 Å². The fourth-order valence-corrected chi connectivity index (χ4v) is 2.39. The molecule has 1 rings (SSSR count). The third kappa shape index (κ3) is 5.49. The van der Waals surface area contributed by atoms with E-state index < -0.39 is 32.2 Å². The molecular weight excluding hydrogens is 326 g/mol. The molecule has 0 radical (unpaired) electrons. The van der Waals surface area contributed by atoms with Crippen molar-refractivity contribution in [2.24, 2.45) is 0 Å². The Morgan fingerprint density at radius 1 is 1.35 bits per heavy atom. The summed E-state index contributed by atoms with van der Waals surface area (Å²) < 4.78 is 30.5. The van der Waals surface area contributed by atoms with E-state index in [0.717, 1.165) is 6.07 Å². The topological polar surface area (TPSA) is 128 Å². The summed E-state index contributed by atoms with van der Waals surface area (Å²) in [6.45, 7) is 4.82. The number of ether oxygens (including phenoxy) is 1. The van der Waals surface area contributed by atoms with Crippen LogP contribution >= 0.6 is 0 Å². The van der Waals surface area contributed by atoms with Gasteiger partial charge in [-0.2, -0.15) is 0 Å². The molecule has 23 heavy (non-hydrogen) atoms. The Balaban J connectivity index is 3.00. The van der Waals surface area contributed by atoms with Gasteiger partial charge < -0.3 is 10.1 Å². The first-order valence-electron chi connectivity index (χ1n) is 6.64. The summed E-state index contributed by atoms with van der Waals surface area (Å²) in [4.78, 5) is 21.8. The number of hydrogen-bond donors (Lipinski definition) is 2. The van der Waals surface area contributed by atoms with E-state index in [2.05, 4.69) is 10.0 Å². The quantitative estimate of drug-likeness (QED) is 0.451. The van der Waals surface area contributed by atoms with E-state index in [1.54, 1.807) is 20.8 Å². The third-order valence-corrected chi connectivity index (χ3v) is 4.00. The summed E-state index contributed by atoms with van der Waals surface area (Å²) in [6.07, 6.45) is 0. The fourth-order valence-electron chi connectivity index (χ4n) is 1.64. The molecule has 0 saturated carbocycles. The van der Waals surface area contributed by atoms with Gasteiger partial charge in [-0.1, -0.05) is 0 Å². The van der Waals surface area contributed by atoms with E-state index in [9.17, 15) is 23.3 Å². The van der Waals surface area contributed by atoms with Crippen LogP contribution in [0, 0.1) is 10.1 Å². The number of carbonyl (C=O) groups excluding carboxylic acids is 1. The second kappa shape index (κ2) is 6.92. The lowest BCUT2D eigenvalue weighted by molar-refractivity contribution is -0.384. The molecule has 0 atom stereocenters. The lowest BCUT2D eigenvalue weighted by Crippen LogP contribution is -2.28. The van der Waals surface area contributed by atoms with E-state index >= 15 is 0 Å². The van der Waals surface area contributed by atoms with Crippen LogP contribution in [0.3, 0.4) is 0 Å². The van der Waals surface area contributed by atoms with E-state index in [1.807, 2.05) is 0 Å². The normalized spacial score (nSPS) is 11.8. The van der Waals surface area contributed by atoms with Gasteiger partial charge in [0, 0.05) is 6.07 Å². The molecule has 0 aliphatic heterocycles. The lowest BCUT2D eigenvalue weighted by atomic mass is 10.2. The van der Waals surface area contributed by atoms with Crippen molar-refractivity contribution in [3.05, 3.63) is 28.3 Å². The van der Waals surface area contributed by atoms with Crippen molar-refractivity contribution in [1.29, 1.82) is 0 Å². The highest BCUT2D eigenvalue weighted by molar-refractivity contribution is 7.89. The fraction of sp³-hybridized carbons (Fsp3) is 0.462. The van der Waals surface area contributed by atoms with Crippen molar-refractivity contribution in [2.75, 3.05) is 18.9 Å². The molecule has 0 unspecified atom stereocenters. The smallest absolute Gasteiger partial charge is 0.325 e. The molecule has 0 fully saturated rings. The average Bonchev–Trinajstić information content (AvgIpc) is 2.42. The van der Waals surface area contributed by atoms with E-state index in [0.29, 0.717) is 0 Å². The standard InChI is InChI=1S/C13H19N3O6S/c1-13(2,3)22-12(17)8-15-10-6-5-9(23(20,21)14-4)7-11(10)16(18)19/h5-7,14-15H,8H2,1-4H3. The van der Waals surface area contributed by atoms with Crippen molar-refractivity contribution in [1.82, 2.24) is 4.72 Å². The first-order chi connectivity index (χ1) is 10.5. The van der Waals surface area contributed by atoms with E-state index in [1.165, 1.54) is 19.2 Å². The van der Waals surface area contributed by atoms with Gasteiger partial charge in [-0.3, -0.25) is 14.9 Å². The molecule has 0 saturated heterocycles. The molecule has 128 valence electrons. The number of nitro benzene ring substituents is 1. The summed E-state index contributed by atoms with van der Waals surface area (Å²) >= 11 is 0. The van der Waals surface area contributed by atoms with E-state index in [4.69, 9.17) is 4.74 Å².